The molecule has 0 unspecified atom stereocenters. The molecule has 1 atom stereocenters. The van der Waals surface area contributed by atoms with Crippen molar-refractivity contribution >= 4 is 23.4 Å². The lowest BCUT2D eigenvalue weighted by molar-refractivity contribution is -0.143. The zero-order valence-electron chi connectivity index (χ0n) is 19.1. The normalized spacial score (nSPS) is 12.2. The molecule has 0 aromatic heterocycles. The molecule has 2 amide bonds. The topological polar surface area (TPSA) is 58.6 Å². The SMILES string of the molecule is CCc1ccc(OCC(=O)N(Cc2ccc(Cl)cc2)[C@H](CC)C(=O)NC(C)(C)C)cc1. The molecule has 0 aliphatic heterocycles. The van der Waals surface area contributed by atoms with E-state index in [-0.39, 0.29) is 18.4 Å². The van der Waals surface area contributed by atoms with Crippen molar-refractivity contribution in [2.75, 3.05) is 6.61 Å². The Hall–Kier alpha value is -2.53. The summed E-state index contributed by atoms with van der Waals surface area (Å²) in [4.78, 5) is 27.7. The smallest absolute Gasteiger partial charge is 0.261 e. The van der Waals surface area contributed by atoms with Gasteiger partial charge in [-0.15, -0.1) is 0 Å². The minimum atomic E-state index is -0.603. The number of benzene rings is 2. The largest absolute Gasteiger partial charge is 0.484 e. The highest BCUT2D eigenvalue weighted by atomic mass is 35.5. The van der Waals surface area contributed by atoms with Crippen LogP contribution in [0.25, 0.3) is 0 Å². The molecule has 31 heavy (non-hydrogen) atoms. The molecule has 0 aliphatic rings. The van der Waals surface area contributed by atoms with Crippen molar-refractivity contribution in [2.45, 2.75) is 65.6 Å². The number of nitrogens with one attached hydrogen (secondary N) is 1. The highest BCUT2D eigenvalue weighted by molar-refractivity contribution is 6.30. The summed E-state index contributed by atoms with van der Waals surface area (Å²) in [6, 6.07) is 14.4. The summed E-state index contributed by atoms with van der Waals surface area (Å²) in [6.07, 6.45) is 1.43. The van der Waals surface area contributed by atoms with Gasteiger partial charge in [0.05, 0.1) is 0 Å². The molecule has 0 saturated carbocycles. The van der Waals surface area contributed by atoms with Crippen molar-refractivity contribution in [3.05, 3.63) is 64.7 Å². The maximum Gasteiger partial charge on any atom is 0.261 e. The average molecular weight is 445 g/mol. The summed E-state index contributed by atoms with van der Waals surface area (Å²) in [5.41, 5.74) is 1.71. The number of carbonyl (C=O) groups excluding carboxylic acids is 2. The van der Waals surface area contributed by atoms with E-state index >= 15 is 0 Å². The van der Waals surface area contributed by atoms with E-state index in [0.29, 0.717) is 23.7 Å². The molecule has 5 nitrogen and oxygen atoms in total. The average Bonchev–Trinajstić information content (AvgIpc) is 2.72. The molecule has 0 saturated heterocycles. The van der Waals surface area contributed by atoms with E-state index in [2.05, 4.69) is 12.2 Å². The number of carbonyl (C=O) groups is 2. The van der Waals surface area contributed by atoms with Crippen molar-refractivity contribution in [1.29, 1.82) is 0 Å². The van der Waals surface area contributed by atoms with Crippen LogP contribution >= 0.6 is 11.6 Å². The fourth-order valence-corrected chi connectivity index (χ4v) is 3.33. The molecule has 0 bridgehead atoms. The maximum absolute atomic E-state index is 13.2. The quantitative estimate of drug-likeness (QED) is 0.591. The summed E-state index contributed by atoms with van der Waals surface area (Å²) < 4.78 is 5.74. The van der Waals surface area contributed by atoms with E-state index < -0.39 is 11.6 Å². The summed E-state index contributed by atoms with van der Waals surface area (Å²) in [7, 11) is 0. The fraction of sp³-hybridized carbons (Fsp3) is 0.440. The Bertz CT molecular complexity index is 858. The van der Waals surface area contributed by atoms with E-state index in [1.807, 2.05) is 64.1 Å². The lowest BCUT2D eigenvalue weighted by atomic mass is 10.1. The van der Waals surface area contributed by atoms with Crippen molar-refractivity contribution in [1.82, 2.24) is 10.2 Å². The number of hydrogen-bond donors (Lipinski definition) is 1. The van der Waals surface area contributed by atoms with E-state index in [1.54, 1.807) is 17.0 Å². The van der Waals surface area contributed by atoms with Gasteiger partial charge in [0.1, 0.15) is 11.8 Å². The molecule has 168 valence electrons. The van der Waals surface area contributed by atoms with Crippen LogP contribution in [-0.2, 0) is 22.6 Å². The third-order valence-electron chi connectivity index (χ3n) is 4.84. The third-order valence-corrected chi connectivity index (χ3v) is 5.10. The summed E-state index contributed by atoms with van der Waals surface area (Å²) in [5.74, 6) is 0.208. The van der Waals surface area contributed by atoms with Crippen LogP contribution in [0.15, 0.2) is 48.5 Å². The molecule has 6 heteroatoms. The molecule has 0 fully saturated rings. The van der Waals surface area contributed by atoms with Crippen molar-refractivity contribution in [2.24, 2.45) is 0 Å². The molecule has 0 radical (unpaired) electrons. The van der Waals surface area contributed by atoms with E-state index in [9.17, 15) is 9.59 Å². The molecule has 2 aromatic rings. The van der Waals surface area contributed by atoms with Crippen LogP contribution in [0.2, 0.25) is 5.02 Å². The molecule has 2 rings (SSSR count). The standard InChI is InChI=1S/C25H33ClN2O3/c1-6-18-10-14-21(15-11-18)31-17-23(29)28(16-19-8-12-20(26)13-9-19)22(7-2)24(30)27-25(3,4)5/h8-15,22H,6-7,16-17H2,1-5H3,(H,27,30)/t22-/m1/s1. The zero-order valence-corrected chi connectivity index (χ0v) is 19.8. The van der Waals surface area contributed by atoms with Gasteiger partial charge in [-0.05, 0) is 69.0 Å². The fourth-order valence-electron chi connectivity index (χ4n) is 3.21. The third kappa shape index (κ3) is 7.91. The number of hydrogen-bond acceptors (Lipinski definition) is 3. The van der Waals surface area contributed by atoms with Crippen LogP contribution in [0.5, 0.6) is 5.75 Å². The lowest BCUT2D eigenvalue weighted by Crippen LogP contribution is -2.54. The van der Waals surface area contributed by atoms with Crippen LogP contribution in [-0.4, -0.2) is 34.9 Å². The van der Waals surface area contributed by atoms with Crippen LogP contribution < -0.4 is 10.1 Å². The maximum atomic E-state index is 13.2. The molecule has 0 spiro atoms. The first-order valence-electron chi connectivity index (χ1n) is 10.7. The van der Waals surface area contributed by atoms with Gasteiger partial charge in [-0.1, -0.05) is 49.7 Å². The van der Waals surface area contributed by atoms with E-state index in [4.69, 9.17) is 16.3 Å². The van der Waals surface area contributed by atoms with E-state index in [0.717, 1.165) is 12.0 Å². The number of amides is 2. The van der Waals surface area contributed by atoms with Gasteiger partial charge >= 0.3 is 0 Å². The second-order valence-electron chi connectivity index (χ2n) is 8.60. The van der Waals surface area contributed by atoms with Gasteiger partial charge in [0.2, 0.25) is 5.91 Å². The van der Waals surface area contributed by atoms with Gasteiger partial charge in [-0.3, -0.25) is 9.59 Å². The predicted octanol–water partition coefficient (Wildman–Crippen LogP) is 5.00. The molecular formula is C25H33ClN2O3. The van der Waals surface area contributed by atoms with Gasteiger partial charge < -0.3 is 15.0 Å². The molecular weight excluding hydrogens is 412 g/mol. The molecule has 0 aliphatic carbocycles. The first-order chi connectivity index (χ1) is 14.6. The van der Waals surface area contributed by atoms with Gasteiger partial charge in [-0.25, -0.2) is 0 Å². The Kier molecular flexibility index (Phi) is 8.93. The summed E-state index contributed by atoms with van der Waals surface area (Å²) in [5, 5.41) is 3.62. The first kappa shape index (κ1) is 24.7. The number of nitrogens with zero attached hydrogens (tertiary/aromatic N) is 1. The van der Waals surface area contributed by atoms with E-state index in [1.165, 1.54) is 5.56 Å². The molecule has 1 N–H and O–H groups in total. The monoisotopic (exact) mass is 444 g/mol. The second kappa shape index (κ2) is 11.2. The van der Waals surface area contributed by atoms with Crippen LogP contribution in [0.3, 0.4) is 0 Å². The number of halogens is 1. The Morgan fingerprint density at radius 1 is 1.00 bits per heavy atom. The first-order valence-corrected chi connectivity index (χ1v) is 11.1. The highest BCUT2D eigenvalue weighted by Gasteiger charge is 2.30. The van der Waals surface area contributed by atoms with Crippen LogP contribution in [0, 0.1) is 0 Å². The van der Waals surface area contributed by atoms with Gasteiger partial charge in [-0.2, -0.15) is 0 Å². The molecule has 0 heterocycles. The van der Waals surface area contributed by atoms with Gasteiger partial charge in [0.15, 0.2) is 6.61 Å². The van der Waals surface area contributed by atoms with Crippen LogP contribution in [0.1, 0.15) is 52.2 Å². The van der Waals surface area contributed by atoms with Crippen LogP contribution in [0.4, 0.5) is 0 Å². The zero-order chi connectivity index (χ0) is 23.0. The summed E-state index contributed by atoms with van der Waals surface area (Å²) in [6.45, 7) is 9.91. The Labute approximate surface area is 190 Å². The lowest BCUT2D eigenvalue weighted by Gasteiger charge is -2.33. The number of aryl methyl sites for hydroxylation is 1. The minimum Gasteiger partial charge on any atom is -0.484 e. The molecule has 2 aromatic carbocycles. The van der Waals surface area contributed by atoms with Crippen molar-refractivity contribution in [3.8, 4) is 5.75 Å². The summed E-state index contributed by atoms with van der Waals surface area (Å²) >= 11 is 6.00. The Morgan fingerprint density at radius 2 is 1.58 bits per heavy atom. The Balaban J connectivity index is 2.20. The van der Waals surface area contributed by atoms with Crippen molar-refractivity contribution in [3.63, 3.8) is 0 Å². The number of rotatable bonds is 9. The minimum absolute atomic E-state index is 0.141. The van der Waals surface area contributed by atoms with Gasteiger partial charge in [0.25, 0.3) is 5.91 Å². The van der Waals surface area contributed by atoms with Crippen molar-refractivity contribution < 1.29 is 14.3 Å². The Morgan fingerprint density at radius 3 is 2.10 bits per heavy atom. The number of ether oxygens (including phenoxy) is 1. The van der Waals surface area contributed by atoms with Gasteiger partial charge in [0, 0.05) is 17.1 Å². The predicted molar refractivity (Wildman–Crippen MR) is 125 cm³/mol. The highest BCUT2D eigenvalue weighted by Crippen LogP contribution is 2.17. The second-order valence-corrected chi connectivity index (χ2v) is 9.03.